The number of carbonyl (C=O) groups excluding carboxylic acids is 1. The minimum absolute atomic E-state index is 0.106. The third-order valence-electron chi connectivity index (χ3n) is 3.49. The van der Waals surface area contributed by atoms with Gasteiger partial charge in [-0.25, -0.2) is 4.39 Å². The molecule has 0 radical (unpaired) electrons. The van der Waals surface area contributed by atoms with E-state index in [0.717, 1.165) is 31.4 Å². The van der Waals surface area contributed by atoms with Crippen LogP contribution in [-0.2, 0) is 0 Å². The van der Waals surface area contributed by atoms with Crippen LogP contribution in [0.25, 0.3) is 0 Å². The van der Waals surface area contributed by atoms with Crippen molar-refractivity contribution in [3.63, 3.8) is 0 Å². The quantitative estimate of drug-likeness (QED) is 0.515. The monoisotopic (exact) mass is 267 g/mol. The highest BCUT2D eigenvalue weighted by atomic mass is 19.1. The molecule has 0 spiro atoms. The van der Waals surface area contributed by atoms with Crippen molar-refractivity contribution >= 4 is 17.3 Å². The van der Waals surface area contributed by atoms with E-state index in [0.29, 0.717) is 0 Å². The number of rotatable bonds is 3. The Morgan fingerprint density at radius 1 is 1.53 bits per heavy atom. The standard InChI is InChI=1S/C12H14FN3O3/c1-15(8-3-2-4-8)12(17)9-5-7(13)6-10(11(9)14)16(18)19/h5-6,8H,2-4,14H2,1H3. The van der Waals surface area contributed by atoms with E-state index in [9.17, 15) is 19.3 Å². The third kappa shape index (κ3) is 2.35. The highest BCUT2D eigenvalue weighted by Gasteiger charge is 2.29. The minimum atomic E-state index is -0.841. The molecule has 1 aliphatic carbocycles. The van der Waals surface area contributed by atoms with Crippen LogP contribution in [0.3, 0.4) is 0 Å². The summed E-state index contributed by atoms with van der Waals surface area (Å²) in [6, 6.07) is 1.77. The number of nitrogens with two attached hydrogens (primary N) is 1. The molecule has 0 aliphatic heterocycles. The summed E-state index contributed by atoms with van der Waals surface area (Å²) in [7, 11) is 1.60. The van der Waals surface area contributed by atoms with Crippen LogP contribution in [0.2, 0.25) is 0 Å². The molecule has 0 heterocycles. The number of nitrogen functional groups attached to an aromatic ring is 1. The third-order valence-corrected chi connectivity index (χ3v) is 3.49. The van der Waals surface area contributed by atoms with Crippen LogP contribution in [-0.4, -0.2) is 28.8 Å². The van der Waals surface area contributed by atoms with E-state index in [2.05, 4.69) is 0 Å². The summed E-state index contributed by atoms with van der Waals surface area (Å²) in [4.78, 5) is 23.6. The molecule has 6 nitrogen and oxygen atoms in total. The van der Waals surface area contributed by atoms with Crippen LogP contribution in [0.4, 0.5) is 15.8 Å². The Labute approximate surface area is 109 Å². The summed E-state index contributed by atoms with van der Waals surface area (Å²) in [5.74, 6) is -1.32. The van der Waals surface area contributed by atoms with Crippen LogP contribution in [0.5, 0.6) is 0 Å². The predicted molar refractivity (Wildman–Crippen MR) is 67.2 cm³/mol. The first-order valence-corrected chi connectivity index (χ1v) is 5.92. The van der Waals surface area contributed by atoms with Crippen LogP contribution in [0, 0.1) is 15.9 Å². The Bertz CT molecular complexity index is 543. The van der Waals surface area contributed by atoms with Crippen LogP contribution in [0.15, 0.2) is 12.1 Å². The molecule has 0 aromatic heterocycles. The van der Waals surface area contributed by atoms with Gasteiger partial charge in [0.1, 0.15) is 11.5 Å². The Hall–Kier alpha value is -2.18. The molecule has 0 bridgehead atoms. The average Bonchev–Trinajstić information content (AvgIpc) is 2.28. The molecule has 0 atom stereocenters. The van der Waals surface area contributed by atoms with E-state index in [1.807, 2.05) is 0 Å². The summed E-state index contributed by atoms with van der Waals surface area (Å²) >= 11 is 0. The van der Waals surface area contributed by atoms with Gasteiger partial charge in [0.05, 0.1) is 16.6 Å². The van der Waals surface area contributed by atoms with E-state index in [-0.39, 0.29) is 17.3 Å². The topological polar surface area (TPSA) is 89.5 Å². The number of amides is 1. The second-order valence-corrected chi connectivity index (χ2v) is 4.64. The molecule has 1 aromatic rings. The fraction of sp³-hybridized carbons (Fsp3) is 0.417. The van der Waals surface area contributed by atoms with Crippen molar-refractivity contribution < 1.29 is 14.1 Å². The van der Waals surface area contributed by atoms with Crippen molar-refractivity contribution in [3.05, 3.63) is 33.6 Å². The summed E-state index contributed by atoms with van der Waals surface area (Å²) in [5, 5.41) is 10.8. The summed E-state index contributed by atoms with van der Waals surface area (Å²) < 4.78 is 13.4. The Morgan fingerprint density at radius 2 is 2.16 bits per heavy atom. The fourth-order valence-electron chi connectivity index (χ4n) is 2.06. The van der Waals surface area contributed by atoms with E-state index in [1.54, 1.807) is 7.05 Å². The molecule has 2 N–H and O–H groups in total. The molecule has 1 aromatic carbocycles. The van der Waals surface area contributed by atoms with Crippen molar-refractivity contribution in [2.24, 2.45) is 0 Å². The first-order chi connectivity index (χ1) is 8.91. The Kier molecular flexibility index (Phi) is 3.37. The number of anilines is 1. The summed E-state index contributed by atoms with van der Waals surface area (Å²) in [6.07, 6.45) is 2.82. The maximum atomic E-state index is 13.4. The predicted octanol–water partition coefficient (Wildman–Crippen LogP) is 1.94. The van der Waals surface area contributed by atoms with E-state index in [1.165, 1.54) is 4.90 Å². The first kappa shape index (κ1) is 13.3. The molecule has 2 rings (SSSR count). The van der Waals surface area contributed by atoms with Crippen molar-refractivity contribution in [2.75, 3.05) is 12.8 Å². The second kappa shape index (κ2) is 4.83. The lowest BCUT2D eigenvalue weighted by Crippen LogP contribution is -2.41. The van der Waals surface area contributed by atoms with E-state index >= 15 is 0 Å². The fourth-order valence-corrected chi connectivity index (χ4v) is 2.06. The van der Waals surface area contributed by atoms with Gasteiger partial charge in [-0.3, -0.25) is 14.9 Å². The van der Waals surface area contributed by atoms with Gasteiger partial charge in [-0.05, 0) is 25.3 Å². The maximum absolute atomic E-state index is 13.4. The lowest BCUT2D eigenvalue weighted by atomic mass is 9.91. The molecule has 19 heavy (non-hydrogen) atoms. The lowest BCUT2D eigenvalue weighted by molar-refractivity contribution is -0.384. The number of hydrogen-bond acceptors (Lipinski definition) is 4. The van der Waals surface area contributed by atoms with Crippen molar-refractivity contribution in [1.29, 1.82) is 0 Å². The van der Waals surface area contributed by atoms with Gasteiger partial charge in [-0.2, -0.15) is 0 Å². The second-order valence-electron chi connectivity index (χ2n) is 4.64. The van der Waals surface area contributed by atoms with Gasteiger partial charge in [0.15, 0.2) is 0 Å². The molecular weight excluding hydrogens is 253 g/mol. The molecule has 7 heteroatoms. The van der Waals surface area contributed by atoms with Gasteiger partial charge in [0.2, 0.25) is 0 Å². The van der Waals surface area contributed by atoms with Gasteiger partial charge in [0, 0.05) is 13.1 Å². The van der Waals surface area contributed by atoms with Gasteiger partial charge in [-0.15, -0.1) is 0 Å². The zero-order chi connectivity index (χ0) is 14.2. The molecule has 1 amide bonds. The molecule has 102 valence electrons. The Balaban J connectivity index is 2.38. The van der Waals surface area contributed by atoms with Crippen LogP contribution >= 0.6 is 0 Å². The molecule has 0 unspecified atom stereocenters. The molecule has 1 aliphatic rings. The van der Waals surface area contributed by atoms with Crippen molar-refractivity contribution in [1.82, 2.24) is 4.90 Å². The highest BCUT2D eigenvalue weighted by molar-refractivity contribution is 6.01. The summed E-state index contributed by atoms with van der Waals surface area (Å²) in [6.45, 7) is 0. The van der Waals surface area contributed by atoms with Gasteiger partial charge >= 0.3 is 0 Å². The van der Waals surface area contributed by atoms with Crippen LogP contribution in [0.1, 0.15) is 29.6 Å². The minimum Gasteiger partial charge on any atom is -0.393 e. The number of hydrogen-bond donors (Lipinski definition) is 1. The number of nitro groups is 1. The smallest absolute Gasteiger partial charge is 0.295 e. The molecule has 1 saturated carbocycles. The first-order valence-electron chi connectivity index (χ1n) is 5.92. The number of carbonyl (C=O) groups is 1. The largest absolute Gasteiger partial charge is 0.393 e. The van der Waals surface area contributed by atoms with Gasteiger partial charge in [0.25, 0.3) is 11.6 Å². The number of halogens is 1. The SMILES string of the molecule is CN(C(=O)c1cc(F)cc([N+](=O)[O-])c1N)C1CCC1. The Morgan fingerprint density at radius 3 is 2.63 bits per heavy atom. The van der Waals surface area contributed by atoms with Crippen molar-refractivity contribution in [2.45, 2.75) is 25.3 Å². The summed E-state index contributed by atoms with van der Waals surface area (Å²) in [5.41, 5.74) is 4.58. The molecular formula is C12H14FN3O3. The van der Waals surface area contributed by atoms with E-state index < -0.39 is 22.3 Å². The zero-order valence-electron chi connectivity index (χ0n) is 10.4. The van der Waals surface area contributed by atoms with Crippen molar-refractivity contribution in [3.8, 4) is 0 Å². The lowest BCUT2D eigenvalue weighted by Gasteiger charge is -2.34. The van der Waals surface area contributed by atoms with Gasteiger partial charge in [-0.1, -0.05) is 0 Å². The number of benzene rings is 1. The molecule has 1 fully saturated rings. The van der Waals surface area contributed by atoms with E-state index in [4.69, 9.17) is 5.73 Å². The van der Waals surface area contributed by atoms with Gasteiger partial charge < -0.3 is 10.6 Å². The maximum Gasteiger partial charge on any atom is 0.295 e. The zero-order valence-corrected chi connectivity index (χ0v) is 10.4. The van der Waals surface area contributed by atoms with Crippen LogP contribution < -0.4 is 5.73 Å². The molecule has 0 saturated heterocycles. The highest BCUT2D eigenvalue weighted by Crippen LogP contribution is 2.30. The number of nitrogens with zero attached hydrogens (tertiary/aromatic N) is 2. The number of nitro benzene ring substituents is 1. The average molecular weight is 267 g/mol. The normalized spacial score (nSPS) is 14.8.